The van der Waals surface area contributed by atoms with Gasteiger partial charge in [-0.3, -0.25) is 0 Å². The minimum Gasteiger partial charge on any atom is -0.493 e. The second-order valence-electron chi connectivity index (χ2n) is 6.24. The number of hydrogen-bond acceptors (Lipinski definition) is 3. The number of rotatable bonds is 5. The molecule has 1 fully saturated rings. The minimum absolute atomic E-state index is 0.205. The summed E-state index contributed by atoms with van der Waals surface area (Å²) >= 11 is 5.87. The molecule has 2 aromatic carbocycles. The van der Waals surface area contributed by atoms with Crippen LogP contribution in [-0.4, -0.2) is 19.8 Å². The van der Waals surface area contributed by atoms with Gasteiger partial charge in [-0.1, -0.05) is 18.5 Å². The van der Waals surface area contributed by atoms with Gasteiger partial charge >= 0.3 is 0 Å². The zero-order valence-electron chi connectivity index (χ0n) is 13.3. The summed E-state index contributed by atoms with van der Waals surface area (Å²) in [5, 5.41) is 0.697. The highest BCUT2D eigenvalue weighted by atomic mass is 35.5. The maximum absolute atomic E-state index is 5.94. The van der Waals surface area contributed by atoms with E-state index in [0.717, 1.165) is 43.3 Å². The first-order chi connectivity index (χ1) is 11.1. The predicted octanol–water partition coefficient (Wildman–Crippen LogP) is 5.33. The molecule has 0 unspecified atom stereocenters. The van der Waals surface area contributed by atoms with Crippen molar-refractivity contribution in [3.05, 3.63) is 53.6 Å². The van der Waals surface area contributed by atoms with Crippen molar-refractivity contribution in [3.8, 4) is 17.2 Å². The Labute approximate surface area is 142 Å². The van der Waals surface area contributed by atoms with Crippen LogP contribution in [0.25, 0.3) is 0 Å². The second kappa shape index (κ2) is 7.24. The summed E-state index contributed by atoms with van der Waals surface area (Å²) in [7, 11) is 0. The fourth-order valence-corrected chi connectivity index (χ4v) is 2.63. The topological polar surface area (TPSA) is 27.7 Å². The van der Waals surface area contributed by atoms with Crippen molar-refractivity contribution < 1.29 is 14.2 Å². The molecule has 0 aliphatic carbocycles. The second-order valence-corrected chi connectivity index (χ2v) is 6.68. The number of hydrogen-bond donors (Lipinski definition) is 0. The maximum Gasteiger partial charge on any atom is 0.127 e. The normalized spacial score (nSPS) is 16.8. The molecule has 0 spiro atoms. The summed E-state index contributed by atoms with van der Waals surface area (Å²) in [5.74, 6) is 2.40. The monoisotopic (exact) mass is 332 g/mol. The van der Waals surface area contributed by atoms with Crippen LogP contribution in [0.1, 0.15) is 19.8 Å². The summed E-state index contributed by atoms with van der Waals surface area (Å²) in [5.41, 5.74) is 0.205. The standard InChI is InChI=1S/C19H21ClO3/c1-19(10-12-21-13-11-19)14-22-16-6-8-18(9-7-16)23-17-4-2-15(20)3-5-17/h2-9H,10-14H2,1H3. The van der Waals surface area contributed by atoms with Crippen molar-refractivity contribution in [2.45, 2.75) is 19.8 Å². The van der Waals surface area contributed by atoms with Gasteiger partial charge in [0.1, 0.15) is 17.2 Å². The van der Waals surface area contributed by atoms with Gasteiger partial charge in [0.15, 0.2) is 0 Å². The Morgan fingerprint density at radius 3 is 2.04 bits per heavy atom. The first-order valence-corrected chi connectivity index (χ1v) is 8.25. The van der Waals surface area contributed by atoms with Crippen LogP contribution in [0.5, 0.6) is 17.2 Å². The van der Waals surface area contributed by atoms with Crippen LogP contribution in [0, 0.1) is 5.41 Å². The van der Waals surface area contributed by atoms with Crippen LogP contribution in [-0.2, 0) is 4.74 Å². The lowest BCUT2D eigenvalue weighted by Gasteiger charge is -2.33. The highest BCUT2D eigenvalue weighted by Crippen LogP contribution is 2.31. The molecule has 4 heteroatoms. The molecule has 0 atom stereocenters. The van der Waals surface area contributed by atoms with Crippen LogP contribution >= 0.6 is 11.6 Å². The fourth-order valence-electron chi connectivity index (χ4n) is 2.51. The molecular formula is C19H21ClO3. The van der Waals surface area contributed by atoms with Gasteiger partial charge in [-0.2, -0.15) is 0 Å². The number of ether oxygens (including phenoxy) is 3. The molecule has 1 heterocycles. The van der Waals surface area contributed by atoms with Gasteiger partial charge in [-0.25, -0.2) is 0 Å². The summed E-state index contributed by atoms with van der Waals surface area (Å²) < 4.78 is 17.1. The van der Waals surface area contributed by atoms with Gasteiger partial charge in [-0.05, 0) is 61.4 Å². The molecule has 3 rings (SSSR count). The van der Waals surface area contributed by atoms with Crippen molar-refractivity contribution >= 4 is 11.6 Å². The van der Waals surface area contributed by atoms with E-state index in [1.54, 1.807) is 0 Å². The largest absolute Gasteiger partial charge is 0.493 e. The third kappa shape index (κ3) is 4.63. The number of halogens is 1. The van der Waals surface area contributed by atoms with Gasteiger partial charge in [0.25, 0.3) is 0 Å². The zero-order chi connectivity index (χ0) is 16.1. The average Bonchev–Trinajstić information content (AvgIpc) is 2.57. The zero-order valence-corrected chi connectivity index (χ0v) is 14.0. The molecule has 0 bridgehead atoms. The van der Waals surface area contributed by atoms with E-state index in [4.69, 9.17) is 25.8 Å². The molecule has 1 saturated heterocycles. The van der Waals surface area contributed by atoms with E-state index < -0.39 is 0 Å². The Morgan fingerprint density at radius 1 is 0.913 bits per heavy atom. The van der Waals surface area contributed by atoms with Gasteiger partial charge in [0.05, 0.1) is 6.61 Å². The minimum atomic E-state index is 0.205. The summed E-state index contributed by atoms with van der Waals surface area (Å²) in [6, 6.07) is 15.0. The van der Waals surface area contributed by atoms with Crippen molar-refractivity contribution in [2.75, 3.05) is 19.8 Å². The van der Waals surface area contributed by atoms with Crippen molar-refractivity contribution in [1.29, 1.82) is 0 Å². The lowest BCUT2D eigenvalue weighted by molar-refractivity contribution is 0.000307. The number of benzene rings is 2. The molecule has 0 N–H and O–H groups in total. The van der Waals surface area contributed by atoms with Crippen LogP contribution in [0.15, 0.2) is 48.5 Å². The van der Waals surface area contributed by atoms with E-state index in [1.807, 2.05) is 48.5 Å². The van der Waals surface area contributed by atoms with Gasteiger partial charge in [-0.15, -0.1) is 0 Å². The fraction of sp³-hybridized carbons (Fsp3) is 0.368. The third-order valence-electron chi connectivity index (χ3n) is 4.16. The molecule has 3 nitrogen and oxygen atoms in total. The lowest BCUT2D eigenvalue weighted by atomic mass is 9.83. The molecular weight excluding hydrogens is 312 g/mol. The van der Waals surface area contributed by atoms with Crippen LogP contribution in [0.3, 0.4) is 0 Å². The highest BCUT2D eigenvalue weighted by molar-refractivity contribution is 6.30. The van der Waals surface area contributed by atoms with Crippen LogP contribution in [0.2, 0.25) is 5.02 Å². The lowest BCUT2D eigenvalue weighted by Crippen LogP contribution is -2.32. The van der Waals surface area contributed by atoms with E-state index in [9.17, 15) is 0 Å². The van der Waals surface area contributed by atoms with E-state index >= 15 is 0 Å². The highest BCUT2D eigenvalue weighted by Gasteiger charge is 2.28. The van der Waals surface area contributed by atoms with Gasteiger partial charge in [0.2, 0.25) is 0 Å². The Morgan fingerprint density at radius 2 is 1.43 bits per heavy atom. The molecule has 0 saturated carbocycles. The van der Waals surface area contributed by atoms with Gasteiger partial charge in [0, 0.05) is 23.7 Å². The average molecular weight is 333 g/mol. The maximum atomic E-state index is 5.94. The van der Waals surface area contributed by atoms with Crippen molar-refractivity contribution in [1.82, 2.24) is 0 Å². The molecule has 0 aromatic heterocycles. The first-order valence-electron chi connectivity index (χ1n) is 7.87. The van der Waals surface area contributed by atoms with Crippen molar-refractivity contribution in [2.24, 2.45) is 5.41 Å². The smallest absolute Gasteiger partial charge is 0.127 e. The molecule has 0 amide bonds. The first kappa shape index (κ1) is 16.2. The molecule has 122 valence electrons. The van der Waals surface area contributed by atoms with E-state index in [0.29, 0.717) is 11.6 Å². The summed E-state index contributed by atoms with van der Waals surface area (Å²) in [6.45, 7) is 4.63. The molecule has 0 radical (unpaired) electrons. The Bertz CT molecular complexity index is 616. The molecule has 23 heavy (non-hydrogen) atoms. The van der Waals surface area contributed by atoms with E-state index in [2.05, 4.69) is 6.92 Å². The summed E-state index contributed by atoms with van der Waals surface area (Å²) in [4.78, 5) is 0. The van der Waals surface area contributed by atoms with Gasteiger partial charge < -0.3 is 14.2 Å². The van der Waals surface area contributed by atoms with Crippen LogP contribution in [0.4, 0.5) is 0 Å². The molecule has 1 aliphatic heterocycles. The third-order valence-corrected chi connectivity index (χ3v) is 4.41. The summed E-state index contributed by atoms with van der Waals surface area (Å²) in [6.07, 6.45) is 2.09. The Balaban J connectivity index is 1.55. The van der Waals surface area contributed by atoms with E-state index in [-0.39, 0.29) is 5.41 Å². The van der Waals surface area contributed by atoms with E-state index in [1.165, 1.54) is 0 Å². The molecule has 2 aromatic rings. The molecule has 1 aliphatic rings. The Kier molecular flexibility index (Phi) is 5.09. The van der Waals surface area contributed by atoms with Crippen molar-refractivity contribution in [3.63, 3.8) is 0 Å². The predicted molar refractivity (Wildman–Crippen MR) is 91.6 cm³/mol. The van der Waals surface area contributed by atoms with Crippen LogP contribution < -0.4 is 9.47 Å². The Hall–Kier alpha value is -1.71. The quantitative estimate of drug-likeness (QED) is 0.740. The SMILES string of the molecule is CC1(COc2ccc(Oc3ccc(Cl)cc3)cc2)CCOCC1.